The number of para-hydroxylation sites is 3. The fourth-order valence-corrected chi connectivity index (χ4v) is 8.35. The molecule has 0 bridgehead atoms. The summed E-state index contributed by atoms with van der Waals surface area (Å²) in [5.41, 5.74) is 0.761. The number of halogens is 7. The normalized spacial score (nSPS) is 16.3. The van der Waals surface area contributed by atoms with E-state index in [2.05, 4.69) is 0 Å². The fraction of sp³-hybridized carbons (Fsp3) is 0.0667. The average Bonchev–Trinajstić information content (AvgIpc) is 3.32. The molecule has 10 rings (SSSR count). The molecule has 0 spiro atoms. The van der Waals surface area contributed by atoms with Gasteiger partial charge in [-0.15, -0.1) is 0 Å². The van der Waals surface area contributed by atoms with Crippen LogP contribution >= 0.6 is 0 Å². The first-order valence-corrected chi connectivity index (χ1v) is 17.8. The van der Waals surface area contributed by atoms with E-state index in [0.29, 0.717) is 51.3 Å². The highest BCUT2D eigenvalue weighted by Crippen LogP contribution is 2.66. The highest BCUT2D eigenvalue weighted by molar-refractivity contribution is 6.99. The van der Waals surface area contributed by atoms with Crippen LogP contribution in [0, 0.1) is 5.82 Å². The van der Waals surface area contributed by atoms with Crippen LogP contribution in [-0.4, -0.2) is 12.6 Å². The molecule has 2 heterocycles. The van der Waals surface area contributed by atoms with Gasteiger partial charge in [0, 0.05) is 34.4 Å². The number of hydrogen-bond donors (Lipinski definition) is 0. The Balaban J connectivity index is 1.33. The lowest BCUT2D eigenvalue weighted by atomic mass is 9.34. The quantitative estimate of drug-likeness (QED) is 0.129. The number of fused-ring (bicyclic) bond motifs is 5. The third kappa shape index (κ3) is 4.66. The van der Waals surface area contributed by atoms with Gasteiger partial charge in [0.2, 0.25) is 0 Å². The second-order valence-corrected chi connectivity index (χ2v) is 14.0. The largest absolute Gasteiger partial charge is 0.458 e. The maximum Gasteiger partial charge on any atom is 0.380 e. The molecule has 0 saturated carbocycles. The molecule has 7 aromatic carbocycles. The van der Waals surface area contributed by atoms with E-state index >= 15 is 30.7 Å². The van der Waals surface area contributed by atoms with Crippen molar-refractivity contribution in [2.24, 2.45) is 0 Å². The van der Waals surface area contributed by atoms with Crippen molar-refractivity contribution in [3.8, 4) is 22.6 Å². The van der Waals surface area contributed by atoms with Crippen LogP contribution in [0.1, 0.15) is 11.1 Å². The second-order valence-electron chi connectivity index (χ2n) is 14.0. The van der Waals surface area contributed by atoms with E-state index in [1.807, 2.05) is 120 Å². The third-order valence-corrected chi connectivity index (χ3v) is 10.9. The molecule has 0 aromatic heterocycles. The molecule has 1 aliphatic carbocycles. The molecule has 7 aromatic rings. The van der Waals surface area contributed by atoms with E-state index < -0.39 is 47.1 Å². The molecular formula is C45H26BF7N2O. The SMILES string of the molecule is Fc1ccc2c(c1N1c3ccc(-c4ccccc4)cc3B3c4ccccc4Oc4cc(N(c5ccccc5)c5ccccc5)cc1c43)C(F)(F)C(F)(F)C2(F)F. The highest BCUT2D eigenvalue weighted by atomic mass is 19.3. The Labute approximate surface area is 316 Å². The first-order valence-electron chi connectivity index (χ1n) is 17.8. The van der Waals surface area contributed by atoms with Crippen molar-refractivity contribution in [1.29, 1.82) is 0 Å². The minimum absolute atomic E-state index is 0.0930. The lowest BCUT2D eigenvalue weighted by Gasteiger charge is -2.42. The molecule has 0 N–H and O–H groups in total. The molecule has 0 amide bonds. The van der Waals surface area contributed by atoms with Crippen LogP contribution in [0.2, 0.25) is 0 Å². The molecule has 3 nitrogen and oxygen atoms in total. The van der Waals surface area contributed by atoms with Crippen LogP contribution in [0.25, 0.3) is 11.1 Å². The summed E-state index contributed by atoms with van der Waals surface area (Å²) in [6.45, 7) is -0.626. The summed E-state index contributed by atoms with van der Waals surface area (Å²) in [7, 11) is 0. The zero-order chi connectivity index (χ0) is 38.6. The van der Waals surface area contributed by atoms with E-state index in [-0.39, 0.29) is 17.1 Å². The van der Waals surface area contributed by atoms with Crippen LogP contribution in [0.5, 0.6) is 11.5 Å². The fourth-order valence-electron chi connectivity index (χ4n) is 8.35. The molecule has 56 heavy (non-hydrogen) atoms. The van der Waals surface area contributed by atoms with Gasteiger partial charge in [0.15, 0.2) is 0 Å². The smallest absolute Gasteiger partial charge is 0.380 e. The number of alkyl halides is 6. The van der Waals surface area contributed by atoms with Gasteiger partial charge in [-0.2, -0.15) is 26.3 Å². The lowest BCUT2D eigenvalue weighted by Crippen LogP contribution is -2.59. The van der Waals surface area contributed by atoms with Crippen LogP contribution in [0.3, 0.4) is 0 Å². The van der Waals surface area contributed by atoms with Gasteiger partial charge in [0.05, 0.1) is 16.9 Å². The predicted octanol–water partition coefficient (Wildman–Crippen LogP) is 11.2. The van der Waals surface area contributed by atoms with Gasteiger partial charge in [-0.1, -0.05) is 97.1 Å². The molecule has 11 heteroatoms. The average molecular weight is 755 g/mol. The highest BCUT2D eigenvalue weighted by Gasteiger charge is 2.80. The van der Waals surface area contributed by atoms with Crippen molar-refractivity contribution in [2.45, 2.75) is 17.8 Å². The Morgan fingerprint density at radius 1 is 0.518 bits per heavy atom. The van der Waals surface area contributed by atoms with Gasteiger partial charge in [-0.3, -0.25) is 0 Å². The van der Waals surface area contributed by atoms with Crippen molar-refractivity contribution in [1.82, 2.24) is 0 Å². The maximum absolute atomic E-state index is 16.6. The summed E-state index contributed by atoms with van der Waals surface area (Å²) < 4.78 is 117. The minimum atomic E-state index is -5.84. The van der Waals surface area contributed by atoms with E-state index in [1.54, 1.807) is 30.3 Å². The molecule has 0 atom stereocenters. The Morgan fingerprint density at radius 3 is 1.82 bits per heavy atom. The monoisotopic (exact) mass is 754 g/mol. The van der Waals surface area contributed by atoms with Gasteiger partial charge < -0.3 is 14.5 Å². The van der Waals surface area contributed by atoms with Gasteiger partial charge >= 0.3 is 17.8 Å². The van der Waals surface area contributed by atoms with Crippen molar-refractivity contribution < 1.29 is 35.5 Å². The zero-order valence-electron chi connectivity index (χ0n) is 29.0. The van der Waals surface area contributed by atoms with Gasteiger partial charge in [0.1, 0.15) is 17.3 Å². The van der Waals surface area contributed by atoms with E-state index in [0.717, 1.165) is 16.0 Å². The van der Waals surface area contributed by atoms with Gasteiger partial charge in [-0.05, 0) is 82.1 Å². The molecule has 274 valence electrons. The molecule has 0 radical (unpaired) electrons. The van der Waals surface area contributed by atoms with Crippen molar-refractivity contribution >= 4 is 57.2 Å². The number of rotatable bonds is 5. The summed E-state index contributed by atoms with van der Waals surface area (Å²) >= 11 is 0. The van der Waals surface area contributed by atoms with Gasteiger partial charge in [0.25, 0.3) is 6.71 Å². The Hall–Kier alpha value is -6.49. The van der Waals surface area contributed by atoms with E-state index in [9.17, 15) is 0 Å². The predicted molar refractivity (Wildman–Crippen MR) is 205 cm³/mol. The lowest BCUT2D eigenvalue weighted by molar-refractivity contribution is -0.302. The summed E-state index contributed by atoms with van der Waals surface area (Å²) in [4.78, 5) is 2.97. The molecule has 3 aliphatic rings. The third-order valence-electron chi connectivity index (χ3n) is 10.9. The van der Waals surface area contributed by atoms with Crippen LogP contribution in [0.15, 0.2) is 158 Å². The number of ether oxygens (including phenoxy) is 1. The van der Waals surface area contributed by atoms with Gasteiger partial charge in [-0.25, -0.2) is 4.39 Å². The summed E-state index contributed by atoms with van der Waals surface area (Å²) in [6, 6.07) is 44.6. The van der Waals surface area contributed by atoms with Crippen molar-refractivity contribution in [3.05, 3.63) is 175 Å². The summed E-state index contributed by atoms with van der Waals surface area (Å²) in [5.74, 6) is -17.2. The Morgan fingerprint density at radius 2 is 1.14 bits per heavy atom. The number of hydrogen-bond acceptors (Lipinski definition) is 3. The number of benzene rings is 7. The number of nitrogens with zero attached hydrogens (tertiary/aromatic N) is 2. The Bertz CT molecular complexity index is 2650. The Kier molecular flexibility index (Phi) is 7.30. The molecule has 2 aliphatic heterocycles. The first-order chi connectivity index (χ1) is 27.0. The van der Waals surface area contributed by atoms with Crippen LogP contribution < -0.4 is 30.9 Å². The van der Waals surface area contributed by atoms with Crippen molar-refractivity contribution in [3.63, 3.8) is 0 Å². The van der Waals surface area contributed by atoms with Crippen molar-refractivity contribution in [2.75, 3.05) is 9.80 Å². The number of anilines is 6. The molecule has 0 unspecified atom stereocenters. The second kappa shape index (κ2) is 12.0. The van der Waals surface area contributed by atoms with E-state index in [4.69, 9.17) is 4.74 Å². The van der Waals surface area contributed by atoms with Crippen LogP contribution in [0.4, 0.5) is 64.9 Å². The van der Waals surface area contributed by atoms with E-state index in [1.165, 1.54) is 0 Å². The van der Waals surface area contributed by atoms with Crippen LogP contribution in [-0.2, 0) is 11.8 Å². The first kappa shape index (κ1) is 34.0. The summed E-state index contributed by atoms with van der Waals surface area (Å²) in [5, 5.41) is 0. The summed E-state index contributed by atoms with van der Waals surface area (Å²) in [6.07, 6.45) is 0. The molecular weight excluding hydrogens is 728 g/mol. The molecule has 0 saturated heterocycles. The maximum atomic E-state index is 16.6. The topological polar surface area (TPSA) is 15.7 Å². The zero-order valence-corrected chi connectivity index (χ0v) is 29.0. The molecule has 0 fully saturated rings. The standard InChI is InChI=1S/C45H26BF7N2O/c47-35-22-21-32-40(44(50,51)45(52,53)43(32,48)49)42(35)55-36-23-20-28(27-12-4-1-5-13-27)24-34(36)46-33-18-10-11-19-38(33)56-39-26-31(25-37(55)41(39)46)54(29-14-6-2-7-15-29)30-16-8-3-9-17-30/h1-26H. The minimum Gasteiger partial charge on any atom is -0.458 e.